The number of hydrogen-bond donors (Lipinski definition) is 1. The number of amides is 1. The van der Waals surface area contributed by atoms with Gasteiger partial charge in [0, 0.05) is 16.3 Å². The van der Waals surface area contributed by atoms with E-state index >= 15 is 0 Å². The Morgan fingerprint density at radius 3 is 2.22 bits per heavy atom. The maximum absolute atomic E-state index is 12.1. The Bertz CT molecular complexity index is 924. The highest BCUT2D eigenvalue weighted by Crippen LogP contribution is 2.19. The van der Waals surface area contributed by atoms with Crippen molar-refractivity contribution in [3.05, 3.63) is 95.0 Å². The van der Waals surface area contributed by atoms with Gasteiger partial charge in [0.1, 0.15) is 5.75 Å². The first-order chi connectivity index (χ1) is 13.1. The van der Waals surface area contributed by atoms with Crippen LogP contribution in [0.25, 0.3) is 0 Å². The molecule has 0 saturated carbocycles. The fourth-order valence-corrected chi connectivity index (χ4v) is 2.75. The summed E-state index contributed by atoms with van der Waals surface area (Å²) in [5.74, 6) is -0.104. The summed E-state index contributed by atoms with van der Waals surface area (Å²) in [5.41, 5.74) is 2.11. The number of carbonyl (C=O) groups excluding carboxylic acids is 2. The Labute approximate surface area is 162 Å². The maximum atomic E-state index is 12.1. The standard InChI is InChI=1S/C22H18ClNO3/c23-20-9-5-4-6-16(20)10-15-21(25)27-19-13-11-18(12-14-19)24-22(26)17-7-2-1-3-8-17/h1-9,11-14H,10,15H2,(H,24,26). The molecule has 3 rings (SSSR count). The molecule has 3 aromatic carbocycles. The van der Waals surface area contributed by atoms with Gasteiger partial charge in [-0.05, 0) is 54.4 Å². The number of carbonyl (C=O) groups is 2. The topological polar surface area (TPSA) is 55.4 Å². The first-order valence-corrected chi connectivity index (χ1v) is 8.90. The van der Waals surface area contributed by atoms with Crippen molar-refractivity contribution in [3.63, 3.8) is 0 Å². The molecule has 0 heterocycles. The molecule has 4 nitrogen and oxygen atoms in total. The van der Waals surface area contributed by atoms with Crippen molar-refractivity contribution >= 4 is 29.2 Å². The van der Waals surface area contributed by atoms with Gasteiger partial charge in [-0.1, -0.05) is 48.0 Å². The van der Waals surface area contributed by atoms with Crippen LogP contribution in [0.3, 0.4) is 0 Å². The Balaban J connectivity index is 1.52. The molecule has 0 aromatic heterocycles. The number of halogens is 1. The lowest BCUT2D eigenvalue weighted by molar-refractivity contribution is -0.134. The molecule has 0 aliphatic carbocycles. The van der Waals surface area contributed by atoms with Crippen LogP contribution in [0.5, 0.6) is 5.75 Å². The average Bonchev–Trinajstić information content (AvgIpc) is 2.69. The monoisotopic (exact) mass is 379 g/mol. The predicted octanol–water partition coefficient (Wildman–Crippen LogP) is 5.13. The molecule has 0 bridgehead atoms. The van der Waals surface area contributed by atoms with Crippen molar-refractivity contribution < 1.29 is 14.3 Å². The van der Waals surface area contributed by atoms with Gasteiger partial charge < -0.3 is 10.1 Å². The molecule has 1 N–H and O–H groups in total. The molecule has 0 radical (unpaired) electrons. The molecule has 0 spiro atoms. The van der Waals surface area contributed by atoms with E-state index in [0.717, 1.165) is 5.56 Å². The second-order valence-corrected chi connectivity index (χ2v) is 6.32. The van der Waals surface area contributed by atoms with Crippen molar-refractivity contribution in [1.82, 2.24) is 0 Å². The molecule has 3 aromatic rings. The van der Waals surface area contributed by atoms with Gasteiger partial charge in [0.25, 0.3) is 5.91 Å². The van der Waals surface area contributed by atoms with Crippen LogP contribution in [-0.2, 0) is 11.2 Å². The van der Waals surface area contributed by atoms with E-state index in [4.69, 9.17) is 16.3 Å². The normalized spacial score (nSPS) is 10.3. The van der Waals surface area contributed by atoms with E-state index in [1.807, 2.05) is 24.3 Å². The lowest BCUT2D eigenvalue weighted by Crippen LogP contribution is -2.12. The number of benzene rings is 3. The number of ether oxygens (including phenoxy) is 1. The summed E-state index contributed by atoms with van der Waals surface area (Å²) in [5, 5.41) is 3.44. The van der Waals surface area contributed by atoms with Crippen molar-refractivity contribution in [1.29, 1.82) is 0 Å². The number of esters is 1. The molecule has 136 valence electrons. The minimum absolute atomic E-state index is 0.194. The van der Waals surface area contributed by atoms with E-state index in [1.54, 1.807) is 54.6 Å². The summed E-state index contributed by atoms with van der Waals surface area (Å²) >= 11 is 6.08. The predicted molar refractivity (Wildman–Crippen MR) is 106 cm³/mol. The lowest BCUT2D eigenvalue weighted by atomic mass is 10.1. The van der Waals surface area contributed by atoms with E-state index in [0.29, 0.717) is 28.4 Å². The Hall–Kier alpha value is -3.11. The zero-order valence-electron chi connectivity index (χ0n) is 14.5. The van der Waals surface area contributed by atoms with Crippen molar-refractivity contribution in [3.8, 4) is 5.75 Å². The van der Waals surface area contributed by atoms with Gasteiger partial charge in [-0.25, -0.2) is 0 Å². The number of aryl methyl sites for hydroxylation is 1. The second kappa shape index (κ2) is 9.01. The molecule has 0 atom stereocenters. The molecule has 5 heteroatoms. The average molecular weight is 380 g/mol. The summed E-state index contributed by atoms with van der Waals surface area (Å²) in [4.78, 5) is 24.1. The van der Waals surface area contributed by atoms with Crippen LogP contribution in [0.4, 0.5) is 5.69 Å². The number of anilines is 1. The largest absolute Gasteiger partial charge is 0.427 e. The Morgan fingerprint density at radius 1 is 0.852 bits per heavy atom. The minimum Gasteiger partial charge on any atom is -0.427 e. The minimum atomic E-state index is -0.337. The van der Waals surface area contributed by atoms with Crippen LogP contribution in [0, 0.1) is 0 Å². The lowest BCUT2D eigenvalue weighted by Gasteiger charge is -2.08. The van der Waals surface area contributed by atoms with Crippen LogP contribution in [0.2, 0.25) is 5.02 Å². The molecule has 0 aliphatic heterocycles. The molecular formula is C22H18ClNO3. The summed E-state index contributed by atoms with van der Waals surface area (Å²) < 4.78 is 5.33. The third-order valence-electron chi connectivity index (χ3n) is 3.94. The number of hydrogen-bond acceptors (Lipinski definition) is 3. The fraction of sp³-hybridized carbons (Fsp3) is 0.0909. The summed E-state index contributed by atoms with van der Waals surface area (Å²) in [6.45, 7) is 0. The van der Waals surface area contributed by atoms with Gasteiger partial charge in [0.05, 0.1) is 6.42 Å². The Kier molecular flexibility index (Phi) is 6.23. The molecule has 0 unspecified atom stereocenters. The van der Waals surface area contributed by atoms with Crippen LogP contribution >= 0.6 is 11.6 Å². The summed E-state index contributed by atoms with van der Waals surface area (Å²) in [6, 6.07) is 23.0. The van der Waals surface area contributed by atoms with Gasteiger partial charge in [-0.2, -0.15) is 0 Å². The highest BCUT2D eigenvalue weighted by Gasteiger charge is 2.09. The van der Waals surface area contributed by atoms with Crippen LogP contribution < -0.4 is 10.1 Å². The quantitative estimate of drug-likeness (QED) is 0.477. The van der Waals surface area contributed by atoms with Gasteiger partial charge in [0.2, 0.25) is 0 Å². The number of rotatable bonds is 6. The zero-order chi connectivity index (χ0) is 19.1. The summed E-state index contributed by atoms with van der Waals surface area (Å²) in [7, 11) is 0. The zero-order valence-corrected chi connectivity index (χ0v) is 15.3. The first kappa shape index (κ1) is 18.7. The van der Waals surface area contributed by atoms with Crippen LogP contribution in [0.1, 0.15) is 22.3 Å². The van der Waals surface area contributed by atoms with Crippen molar-refractivity contribution in [2.24, 2.45) is 0 Å². The molecular weight excluding hydrogens is 362 g/mol. The third kappa shape index (κ3) is 5.43. The highest BCUT2D eigenvalue weighted by atomic mass is 35.5. The Morgan fingerprint density at radius 2 is 1.52 bits per heavy atom. The van der Waals surface area contributed by atoms with E-state index in [1.165, 1.54) is 0 Å². The van der Waals surface area contributed by atoms with Gasteiger partial charge >= 0.3 is 5.97 Å². The van der Waals surface area contributed by atoms with Gasteiger partial charge in [0.15, 0.2) is 0 Å². The molecule has 27 heavy (non-hydrogen) atoms. The summed E-state index contributed by atoms with van der Waals surface area (Å²) in [6.07, 6.45) is 0.750. The molecule has 0 saturated heterocycles. The fourth-order valence-electron chi connectivity index (χ4n) is 2.52. The van der Waals surface area contributed by atoms with Crippen LogP contribution in [-0.4, -0.2) is 11.9 Å². The molecule has 0 fully saturated rings. The van der Waals surface area contributed by atoms with Gasteiger partial charge in [-0.15, -0.1) is 0 Å². The van der Waals surface area contributed by atoms with E-state index < -0.39 is 0 Å². The van der Waals surface area contributed by atoms with E-state index in [2.05, 4.69) is 5.32 Å². The third-order valence-corrected chi connectivity index (χ3v) is 4.30. The smallest absolute Gasteiger partial charge is 0.311 e. The van der Waals surface area contributed by atoms with E-state index in [9.17, 15) is 9.59 Å². The number of nitrogens with one attached hydrogen (secondary N) is 1. The first-order valence-electron chi connectivity index (χ1n) is 8.52. The maximum Gasteiger partial charge on any atom is 0.311 e. The molecule has 1 amide bonds. The van der Waals surface area contributed by atoms with Crippen molar-refractivity contribution in [2.75, 3.05) is 5.32 Å². The van der Waals surface area contributed by atoms with E-state index in [-0.39, 0.29) is 18.3 Å². The SMILES string of the molecule is O=C(CCc1ccccc1Cl)Oc1ccc(NC(=O)c2ccccc2)cc1. The van der Waals surface area contributed by atoms with Crippen molar-refractivity contribution in [2.45, 2.75) is 12.8 Å². The second-order valence-electron chi connectivity index (χ2n) is 5.91. The van der Waals surface area contributed by atoms with Crippen LogP contribution in [0.15, 0.2) is 78.9 Å². The highest BCUT2D eigenvalue weighted by molar-refractivity contribution is 6.31. The molecule has 0 aliphatic rings. The van der Waals surface area contributed by atoms with Gasteiger partial charge in [-0.3, -0.25) is 9.59 Å².